The van der Waals surface area contributed by atoms with Crippen LogP contribution >= 0.6 is 0 Å². The van der Waals surface area contributed by atoms with Crippen LogP contribution in [0.15, 0.2) is 36.7 Å². The average molecular weight is 372 g/mol. The second-order valence-electron chi connectivity index (χ2n) is 7.25. The van der Waals surface area contributed by atoms with Crippen molar-refractivity contribution in [1.82, 2.24) is 20.1 Å². The summed E-state index contributed by atoms with van der Waals surface area (Å²) in [6.07, 6.45) is 6.58. The highest BCUT2D eigenvalue weighted by Gasteiger charge is 2.37. The lowest BCUT2D eigenvalue weighted by molar-refractivity contribution is 0.415. The van der Waals surface area contributed by atoms with Gasteiger partial charge in [-0.25, -0.2) is 9.67 Å². The summed E-state index contributed by atoms with van der Waals surface area (Å²) in [7, 11) is 1.64. The Morgan fingerprint density at radius 3 is 3.00 bits per heavy atom. The van der Waals surface area contributed by atoms with Crippen molar-refractivity contribution in [2.24, 2.45) is 0 Å². The van der Waals surface area contributed by atoms with Crippen molar-refractivity contribution in [3.63, 3.8) is 0 Å². The molecule has 7 heteroatoms. The second kappa shape index (κ2) is 6.36. The molecule has 2 aliphatic heterocycles. The lowest BCUT2D eigenvalue weighted by atomic mass is 9.87. The van der Waals surface area contributed by atoms with Crippen molar-refractivity contribution in [2.45, 2.75) is 31.3 Å². The first kappa shape index (κ1) is 16.8. The van der Waals surface area contributed by atoms with Gasteiger partial charge in [0.1, 0.15) is 23.2 Å². The topological polar surface area (TPSA) is 102 Å². The third-order valence-electron chi connectivity index (χ3n) is 5.71. The van der Waals surface area contributed by atoms with Gasteiger partial charge in [0.2, 0.25) is 0 Å². The van der Waals surface area contributed by atoms with Gasteiger partial charge in [0.25, 0.3) is 0 Å². The van der Waals surface area contributed by atoms with Crippen LogP contribution in [-0.2, 0) is 6.42 Å². The minimum absolute atomic E-state index is 0.181. The van der Waals surface area contributed by atoms with Crippen molar-refractivity contribution < 1.29 is 4.74 Å². The zero-order chi connectivity index (χ0) is 19.3. The smallest absolute Gasteiger partial charge is 0.142 e. The SMILES string of the molecule is COc1ccc(-n2cccn2)c(-c2c(C#N)c(N)nc3c2[C@H]2CC[C@@H](C3)N2)c1. The van der Waals surface area contributed by atoms with Gasteiger partial charge in [0.05, 0.1) is 12.8 Å². The molecule has 2 aliphatic rings. The van der Waals surface area contributed by atoms with Gasteiger partial charge >= 0.3 is 0 Å². The fraction of sp³-hybridized carbons (Fsp3) is 0.286. The molecule has 7 nitrogen and oxygen atoms in total. The summed E-state index contributed by atoms with van der Waals surface area (Å²) < 4.78 is 7.28. The van der Waals surface area contributed by atoms with Crippen LogP contribution in [0.5, 0.6) is 5.75 Å². The van der Waals surface area contributed by atoms with Crippen LogP contribution in [0.3, 0.4) is 0 Å². The van der Waals surface area contributed by atoms with Crippen LogP contribution in [0.25, 0.3) is 16.8 Å². The summed E-state index contributed by atoms with van der Waals surface area (Å²) in [5, 5.41) is 18.0. The maximum Gasteiger partial charge on any atom is 0.142 e. The summed E-state index contributed by atoms with van der Waals surface area (Å²) in [5.74, 6) is 0.999. The highest BCUT2D eigenvalue weighted by atomic mass is 16.5. The first-order valence-electron chi connectivity index (χ1n) is 9.36. The van der Waals surface area contributed by atoms with E-state index in [1.54, 1.807) is 18.0 Å². The molecule has 5 rings (SSSR count). The molecule has 140 valence electrons. The molecule has 1 saturated heterocycles. The molecule has 2 bridgehead atoms. The number of nitrogens with zero attached hydrogens (tertiary/aromatic N) is 4. The summed E-state index contributed by atoms with van der Waals surface area (Å²) in [6, 6.07) is 10.6. The largest absolute Gasteiger partial charge is 0.497 e. The van der Waals surface area contributed by atoms with Crippen LogP contribution in [0, 0.1) is 11.3 Å². The molecular weight excluding hydrogens is 352 g/mol. The lowest BCUT2D eigenvalue weighted by Gasteiger charge is -2.28. The average Bonchev–Trinajstić information content (AvgIpc) is 3.37. The molecule has 2 atom stereocenters. The molecule has 4 heterocycles. The summed E-state index contributed by atoms with van der Waals surface area (Å²) in [5.41, 5.74) is 11.3. The minimum Gasteiger partial charge on any atom is -0.497 e. The van der Waals surface area contributed by atoms with Gasteiger partial charge in [-0.05, 0) is 37.1 Å². The molecule has 1 aromatic carbocycles. The number of anilines is 1. The summed E-state index contributed by atoms with van der Waals surface area (Å²) in [4.78, 5) is 4.61. The predicted octanol–water partition coefficient (Wildman–Crippen LogP) is 2.75. The number of nitrogens with one attached hydrogen (secondary N) is 1. The monoisotopic (exact) mass is 372 g/mol. The van der Waals surface area contributed by atoms with Crippen molar-refractivity contribution in [3.05, 3.63) is 53.5 Å². The van der Waals surface area contributed by atoms with Gasteiger partial charge in [-0.1, -0.05) is 0 Å². The predicted molar refractivity (Wildman–Crippen MR) is 105 cm³/mol. The minimum atomic E-state index is 0.181. The molecule has 3 N–H and O–H groups in total. The first-order chi connectivity index (χ1) is 13.7. The van der Waals surface area contributed by atoms with Gasteiger partial charge in [-0.15, -0.1) is 0 Å². The first-order valence-corrected chi connectivity index (χ1v) is 9.36. The molecule has 2 aromatic heterocycles. The lowest BCUT2D eigenvalue weighted by Crippen LogP contribution is -2.33. The van der Waals surface area contributed by atoms with E-state index in [4.69, 9.17) is 10.5 Å². The number of benzene rings is 1. The number of fused-ring (bicyclic) bond motifs is 4. The Kier molecular flexibility index (Phi) is 3.81. The van der Waals surface area contributed by atoms with Gasteiger partial charge in [0, 0.05) is 53.3 Å². The zero-order valence-corrected chi connectivity index (χ0v) is 15.5. The number of methoxy groups -OCH3 is 1. The molecule has 0 unspecified atom stereocenters. The Morgan fingerprint density at radius 1 is 1.36 bits per heavy atom. The number of aromatic nitrogens is 3. The maximum absolute atomic E-state index is 9.94. The van der Waals surface area contributed by atoms with Gasteiger partial charge in [-0.3, -0.25) is 0 Å². The quantitative estimate of drug-likeness (QED) is 0.733. The Balaban J connectivity index is 1.86. The van der Waals surface area contributed by atoms with E-state index in [0.717, 1.165) is 47.3 Å². The molecule has 28 heavy (non-hydrogen) atoms. The van der Waals surface area contributed by atoms with Gasteiger partial charge < -0.3 is 15.8 Å². The highest BCUT2D eigenvalue weighted by molar-refractivity contribution is 5.85. The van der Waals surface area contributed by atoms with E-state index in [1.165, 1.54) is 0 Å². The highest BCUT2D eigenvalue weighted by Crippen LogP contribution is 2.45. The van der Waals surface area contributed by atoms with E-state index in [9.17, 15) is 5.26 Å². The third kappa shape index (κ3) is 2.46. The van der Waals surface area contributed by atoms with Crippen molar-refractivity contribution in [2.75, 3.05) is 12.8 Å². The van der Waals surface area contributed by atoms with E-state index < -0.39 is 0 Å². The number of nitriles is 1. The number of rotatable bonds is 3. The Hall–Kier alpha value is -3.37. The standard InChI is InChI=1S/C21H20N6O/c1-28-13-4-6-18(27-8-2-7-24-27)14(10-13)19-15(11-22)21(23)26-17-9-12-3-5-16(25-12)20(17)19/h2,4,6-8,10,12,16,25H,3,5,9H2,1H3,(H2,23,26)/t12-,16+/m0/s1. The summed E-state index contributed by atoms with van der Waals surface area (Å²) in [6.45, 7) is 0. The number of ether oxygens (including phenoxy) is 1. The Bertz CT molecular complexity index is 1100. The number of pyridine rings is 1. The van der Waals surface area contributed by atoms with Crippen molar-refractivity contribution in [3.8, 4) is 28.6 Å². The molecule has 1 fully saturated rings. The summed E-state index contributed by atoms with van der Waals surface area (Å²) >= 11 is 0. The van der Waals surface area contributed by atoms with Crippen LogP contribution in [0.2, 0.25) is 0 Å². The molecule has 0 radical (unpaired) electrons. The van der Waals surface area contributed by atoms with Gasteiger partial charge in [0.15, 0.2) is 0 Å². The van der Waals surface area contributed by atoms with E-state index in [-0.39, 0.29) is 11.9 Å². The third-order valence-corrected chi connectivity index (χ3v) is 5.71. The molecule has 0 spiro atoms. The Labute approximate surface area is 162 Å². The van der Waals surface area contributed by atoms with E-state index in [0.29, 0.717) is 17.4 Å². The van der Waals surface area contributed by atoms with E-state index in [1.807, 2.05) is 30.5 Å². The van der Waals surface area contributed by atoms with E-state index in [2.05, 4.69) is 21.5 Å². The van der Waals surface area contributed by atoms with Crippen LogP contribution in [-0.4, -0.2) is 27.9 Å². The Morgan fingerprint density at radius 2 is 2.25 bits per heavy atom. The van der Waals surface area contributed by atoms with Crippen molar-refractivity contribution >= 4 is 5.82 Å². The fourth-order valence-electron chi connectivity index (χ4n) is 4.49. The molecule has 0 aliphatic carbocycles. The molecule has 0 saturated carbocycles. The van der Waals surface area contributed by atoms with Gasteiger partial charge in [-0.2, -0.15) is 10.4 Å². The zero-order valence-electron chi connectivity index (χ0n) is 15.5. The number of hydrogen-bond acceptors (Lipinski definition) is 6. The molecule has 3 aromatic rings. The maximum atomic E-state index is 9.94. The van der Waals surface area contributed by atoms with Crippen molar-refractivity contribution in [1.29, 1.82) is 5.26 Å². The number of nitrogen functional groups attached to an aromatic ring is 1. The molecular formula is C21H20N6O. The second-order valence-corrected chi connectivity index (χ2v) is 7.25. The number of nitrogens with two attached hydrogens (primary N) is 1. The van der Waals surface area contributed by atoms with E-state index >= 15 is 0 Å². The molecule has 0 amide bonds. The van der Waals surface area contributed by atoms with Crippen LogP contribution in [0.4, 0.5) is 5.82 Å². The normalized spacial score (nSPS) is 19.9. The number of hydrogen-bond donors (Lipinski definition) is 2. The fourth-order valence-corrected chi connectivity index (χ4v) is 4.49. The van der Waals surface area contributed by atoms with Crippen LogP contribution < -0.4 is 15.8 Å². The van der Waals surface area contributed by atoms with Crippen LogP contribution in [0.1, 0.15) is 35.7 Å².